The summed E-state index contributed by atoms with van der Waals surface area (Å²) in [4.78, 5) is 0. The first-order chi connectivity index (χ1) is 8.71. The van der Waals surface area contributed by atoms with Crippen molar-refractivity contribution in [3.63, 3.8) is 0 Å². The maximum absolute atomic E-state index is 5.72. The second kappa shape index (κ2) is 6.17. The van der Waals surface area contributed by atoms with E-state index in [0.29, 0.717) is 6.04 Å². The molecule has 4 nitrogen and oxygen atoms in total. The molecule has 1 fully saturated rings. The standard InChI is InChI=1S/C13H23BrN4/c1-3-10-13(14)12(18(4-2)17-10)8-11(16-15)9-6-5-7-9/h9,11,16H,3-8,15H2,1-2H3. The van der Waals surface area contributed by atoms with Gasteiger partial charge in [0.2, 0.25) is 0 Å². The summed E-state index contributed by atoms with van der Waals surface area (Å²) in [6.07, 6.45) is 5.87. The quantitative estimate of drug-likeness (QED) is 0.626. The smallest absolute Gasteiger partial charge is 0.0766 e. The van der Waals surface area contributed by atoms with E-state index in [2.05, 4.69) is 45.0 Å². The highest BCUT2D eigenvalue weighted by atomic mass is 79.9. The highest BCUT2D eigenvalue weighted by Crippen LogP contribution is 2.32. The molecule has 1 aliphatic rings. The Kier molecular flexibility index (Phi) is 4.81. The molecule has 1 aromatic rings. The summed E-state index contributed by atoms with van der Waals surface area (Å²) in [5.41, 5.74) is 5.43. The molecule has 0 aliphatic heterocycles. The Morgan fingerprint density at radius 3 is 2.67 bits per heavy atom. The number of nitrogens with two attached hydrogens (primary N) is 1. The monoisotopic (exact) mass is 314 g/mol. The number of hydrazine groups is 1. The number of hydrogen-bond acceptors (Lipinski definition) is 3. The summed E-state index contributed by atoms with van der Waals surface area (Å²) < 4.78 is 3.28. The van der Waals surface area contributed by atoms with E-state index in [-0.39, 0.29) is 0 Å². The molecule has 1 heterocycles. The average Bonchev–Trinajstić information content (AvgIpc) is 2.63. The van der Waals surface area contributed by atoms with Gasteiger partial charge in [-0.2, -0.15) is 5.10 Å². The maximum atomic E-state index is 5.72. The predicted molar refractivity (Wildman–Crippen MR) is 77.1 cm³/mol. The largest absolute Gasteiger partial charge is 0.271 e. The van der Waals surface area contributed by atoms with Crippen LogP contribution in [-0.4, -0.2) is 15.8 Å². The van der Waals surface area contributed by atoms with Crippen molar-refractivity contribution in [1.82, 2.24) is 15.2 Å². The molecule has 0 spiro atoms. The van der Waals surface area contributed by atoms with E-state index in [1.54, 1.807) is 0 Å². The molecule has 0 bridgehead atoms. The van der Waals surface area contributed by atoms with Crippen LogP contribution in [0.4, 0.5) is 0 Å². The van der Waals surface area contributed by atoms with E-state index >= 15 is 0 Å². The van der Waals surface area contributed by atoms with Crippen LogP contribution in [0.1, 0.15) is 44.5 Å². The Balaban J connectivity index is 2.17. The van der Waals surface area contributed by atoms with Crippen LogP contribution in [0.15, 0.2) is 4.47 Å². The summed E-state index contributed by atoms with van der Waals surface area (Å²) in [5, 5.41) is 4.64. The molecule has 1 aliphatic carbocycles. The molecule has 0 radical (unpaired) electrons. The molecule has 1 saturated carbocycles. The molecule has 0 amide bonds. The number of aromatic nitrogens is 2. The molecule has 1 unspecified atom stereocenters. The van der Waals surface area contributed by atoms with Crippen molar-refractivity contribution < 1.29 is 0 Å². The minimum Gasteiger partial charge on any atom is -0.271 e. The summed E-state index contributed by atoms with van der Waals surface area (Å²) >= 11 is 3.70. The van der Waals surface area contributed by atoms with Gasteiger partial charge in [0.25, 0.3) is 0 Å². The van der Waals surface area contributed by atoms with Crippen molar-refractivity contribution in [2.24, 2.45) is 11.8 Å². The third-order valence-electron chi connectivity index (χ3n) is 4.04. The Hall–Kier alpha value is -0.390. The fourth-order valence-electron chi connectivity index (χ4n) is 2.62. The van der Waals surface area contributed by atoms with E-state index in [1.165, 1.54) is 29.4 Å². The van der Waals surface area contributed by atoms with Crippen LogP contribution in [-0.2, 0) is 19.4 Å². The van der Waals surface area contributed by atoms with Crippen molar-refractivity contribution in [3.05, 3.63) is 15.9 Å². The zero-order valence-electron chi connectivity index (χ0n) is 11.2. The van der Waals surface area contributed by atoms with Gasteiger partial charge in [-0.25, -0.2) is 0 Å². The van der Waals surface area contributed by atoms with Crippen molar-refractivity contribution in [2.45, 2.75) is 58.5 Å². The fraction of sp³-hybridized carbons (Fsp3) is 0.769. The second-order valence-electron chi connectivity index (χ2n) is 5.04. The number of rotatable bonds is 6. The molecular formula is C13H23BrN4. The van der Waals surface area contributed by atoms with Crippen LogP contribution < -0.4 is 11.3 Å². The number of nitrogens with one attached hydrogen (secondary N) is 1. The van der Waals surface area contributed by atoms with Crippen molar-refractivity contribution in [3.8, 4) is 0 Å². The van der Waals surface area contributed by atoms with Crippen molar-refractivity contribution in [1.29, 1.82) is 0 Å². The van der Waals surface area contributed by atoms with Crippen LogP contribution >= 0.6 is 15.9 Å². The van der Waals surface area contributed by atoms with Gasteiger partial charge in [0.05, 0.1) is 15.9 Å². The van der Waals surface area contributed by atoms with E-state index in [9.17, 15) is 0 Å². The normalized spacial score (nSPS) is 17.8. The average molecular weight is 315 g/mol. The minimum absolute atomic E-state index is 0.377. The van der Waals surface area contributed by atoms with Gasteiger partial charge in [-0.05, 0) is 48.0 Å². The van der Waals surface area contributed by atoms with Gasteiger partial charge >= 0.3 is 0 Å². The van der Waals surface area contributed by atoms with E-state index in [1.807, 2.05) is 0 Å². The third kappa shape index (κ3) is 2.63. The molecule has 1 aromatic heterocycles. The minimum atomic E-state index is 0.377. The van der Waals surface area contributed by atoms with Gasteiger partial charge in [-0.1, -0.05) is 13.3 Å². The van der Waals surface area contributed by atoms with Gasteiger partial charge in [-0.15, -0.1) is 0 Å². The van der Waals surface area contributed by atoms with Crippen molar-refractivity contribution in [2.75, 3.05) is 0 Å². The first-order valence-corrected chi connectivity index (χ1v) is 7.70. The molecule has 3 N–H and O–H groups in total. The van der Waals surface area contributed by atoms with Crippen LogP contribution in [0.5, 0.6) is 0 Å². The first-order valence-electron chi connectivity index (χ1n) is 6.91. The summed E-state index contributed by atoms with van der Waals surface area (Å²) in [6, 6.07) is 0.377. The lowest BCUT2D eigenvalue weighted by Gasteiger charge is -2.33. The Morgan fingerprint density at radius 1 is 1.50 bits per heavy atom. The fourth-order valence-corrected chi connectivity index (χ4v) is 3.35. The summed E-state index contributed by atoms with van der Waals surface area (Å²) in [5.74, 6) is 6.45. The van der Waals surface area contributed by atoms with Crippen LogP contribution in [0.25, 0.3) is 0 Å². The zero-order valence-corrected chi connectivity index (χ0v) is 12.8. The number of hydrogen-bond donors (Lipinski definition) is 2. The molecule has 102 valence electrons. The van der Waals surface area contributed by atoms with E-state index < -0.39 is 0 Å². The highest BCUT2D eigenvalue weighted by molar-refractivity contribution is 9.10. The van der Waals surface area contributed by atoms with Crippen LogP contribution in [0.3, 0.4) is 0 Å². The topological polar surface area (TPSA) is 55.9 Å². The van der Waals surface area contributed by atoms with E-state index in [0.717, 1.165) is 31.0 Å². The van der Waals surface area contributed by atoms with E-state index in [4.69, 9.17) is 5.84 Å². The molecule has 18 heavy (non-hydrogen) atoms. The second-order valence-corrected chi connectivity index (χ2v) is 5.84. The number of aryl methyl sites for hydroxylation is 2. The van der Waals surface area contributed by atoms with Gasteiger partial charge in [0.15, 0.2) is 0 Å². The Morgan fingerprint density at radius 2 is 2.22 bits per heavy atom. The predicted octanol–water partition coefficient (Wildman–Crippen LogP) is 2.40. The van der Waals surface area contributed by atoms with Gasteiger partial charge in [-0.3, -0.25) is 16.0 Å². The molecule has 2 rings (SSSR count). The first kappa shape index (κ1) is 14.0. The molecular weight excluding hydrogens is 292 g/mol. The number of halogens is 1. The maximum Gasteiger partial charge on any atom is 0.0766 e. The van der Waals surface area contributed by atoms with Crippen LogP contribution in [0, 0.1) is 5.92 Å². The molecule has 5 heteroatoms. The summed E-state index contributed by atoms with van der Waals surface area (Å²) in [6.45, 7) is 5.19. The van der Waals surface area contributed by atoms with Crippen molar-refractivity contribution >= 4 is 15.9 Å². The number of nitrogens with zero attached hydrogens (tertiary/aromatic N) is 2. The SMILES string of the molecule is CCc1nn(CC)c(CC(NN)C2CCC2)c1Br. The van der Waals surface area contributed by atoms with Gasteiger partial charge in [0, 0.05) is 19.0 Å². The van der Waals surface area contributed by atoms with Gasteiger partial charge in [0.1, 0.15) is 0 Å². The molecule has 0 aromatic carbocycles. The lowest BCUT2D eigenvalue weighted by Crippen LogP contribution is -2.45. The Labute approximate surface area is 117 Å². The molecule has 1 atom stereocenters. The lowest BCUT2D eigenvalue weighted by molar-refractivity contribution is 0.226. The zero-order chi connectivity index (χ0) is 13.1. The summed E-state index contributed by atoms with van der Waals surface area (Å²) in [7, 11) is 0. The molecule has 0 saturated heterocycles. The lowest BCUT2D eigenvalue weighted by atomic mass is 9.78. The van der Waals surface area contributed by atoms with Crippen LogP contribution in [0.2, 0.25) is 0 Å². The highest BCUT2D eigenvalue weighted by Gasteiger charge is 2.28. The Bertz CT molecular complexity index is 398. The van der Waals surface area contributed by atoms with Gasteiger partial charge < -0.3 is 0 Å². The third-order valence-corrected chi connectivity index (χ3v) is 4.96.